The molecule has 0 aliphatic carbocycles. The second-order valence-electron chi connectivity index (χ2n) is 7.78. The number of hydrogen-bond acceptors (Lipinski definition) is 3. The van der Waals surface area contributed by atoms with Gasteiger partial charge in [-0.15, -0.1) is 0 Å². The number of carbonyl (C=O) groups excluding carboxylic acids is 1. The maximum Gasteiger partial charge on any atom is 0.276 e. The Morgan fingerprint density at radius 1 is 1.03 bits per heavy atom. The zero-order chi connectivity index (χ0) is 20.2. The Kier molecular flexibility index (Phi) is 5.76. The molecule has 4 rings (SSSR count). The third-order valence-electron chi connectivity index (χ3n) is 5.71. The van der Waals surface area contributed by atoms with E-state index in [0.29, 0.717) is 5.69 Å². The lowest BCUT2D eigenvalue weighted by atomic mass is 9.99. The van der Waals surface area contributed by atoms with Gasteiger partial charge in [-0.1, -0.05) is 48.9 Å². The Labute approximate surface area is 172 Å². The van der Waals surface area contributed by atoms with Crippen molar-refractivity contribution < 1.29 is 4.79 Å². The molecule has 1 fully saturated rings. The van der Waals surface area contributed by atoms with Gasteiger partial charge in [0.25, 0.3) is 5.91 Å². The molecule has 0 atom stereocenters. The van der Waals surface area contributed by atoms with Crippen LogP contribution < -0.4 is 5.32 Å². The molecule has 2 heterocycles. The van der Waals surface area contributed by atoms with E-state index in [1.54, 1.807) is 0 Å². The maximum atomic E-state index is 12.9. The van der Waals surface area contributed by atoms with Gasteiger partial charge in [0.15, 0.2) is 5.69 Å². The van der Waals surface area contributed by atoms with Gasteiger partial charge in [-0.25, -0.2) is 0 Å². The molecular weight excluding hydrogens is 360 g/mol. The molecule has 0 bridgehead atoms. The highest BCUT2D eigenvalue weighted by molar-refractivity contribution is 6.03. The Balaban J connectivity index is 1.51. The number of benzene rings is 2. The van der Waals surface area contributed by atoms with Gasteiger partial charge >= 0.3 is 0 Å². The fraction of sp³-hybridized carbons (Fsp3) is 0.333. The fourth-order valence-electron chi connectivity index (χ4n) is 4.00. The minimum Gasteiger partial charge on any atom is -0.320 e. The van der Waals surface area contributed by atoms with Gasteiger partial charge in [0.05, 0.1) is 5.69 Å². The number of nitrogens with one attached hydrogen (secondary N) is 1. The molecule has 0 saturated carbocycles. The molecular formula is C24H28N4O. The van der Waals surface area contributed by atoms with Crippen LogP contribution in [0.4, 0.5) is 5.69 Å². The standard InChI is InChI=1S/C24H28N4O/c1-18-21(19-10-5-3-6-11-19)12-9-13-22(18)25-24(29)23-16-20(27(2)26-23)17-28-14-7-4-8-15-28/h3,5-6,9-13,16H,4,7-8,14-15,17H2,1-2H3,(H,25,29). The number of aromatic nitrogens is 2. The average Bonchev–Trinajstić information content (AvgIpc) is 3.11. The number of aryl methyl sites for hydroxylation is 1. The molecule has 5 nitrogen and oxygen atoms in total. The Morgan fingerprint density at radius 3 is 2.55 bits per heavy atom. The lowest BCUT2D eigenvalue weighted by Gasteiger charge is -2.26. The third kappa shape index (κ3) is 4.40. The van der Waals surface area contributed by atoms with Crippen LogP contribution in [0.2, 0.25) is 0 Å². The molecule has 1 aliphatic rings. The SMILES string of the molecule is Cc1c(NC(=O)c2cc(CN3CCCCC3)n(C)n2)cccc1-c1ccccc1. The first-order valence-electron chi connectivity index (χ1n) is 10.3. The molecule has 0 radical (unpaired) electrons. The van der Waals surface area contributed by atoms with E-state index in [1.807, 2.05) is 55.1 Å². The minimum absolute atomic E-state index is 0.168. The van der Waals surface area contributed by atoms with E-state index in [0.717, 1.165) is 47.7 Å². The van der Waals surface area contributed by atoms with Crippen molar-refractivity contribution in [3.63, 3.8) is 0 Å². The predicted molar refractivity (Wildman–Crippen MR) is 117 cm³/mol. The van der Waals surface area contributed by atoms with Crippen LogP contribution in [0.25, 0.3) is 11.1 Å². The molecule has 1 N–H and O–H groups in total. The van der Waals surface area contributed by atoms with E-state index < -0.39 is 0 Å². The van der Waals surface area contributed by atoms with Gasteiger partial charge in [0.2, 0.25) is 0 Å². The second kappa shape index (κ2) is 8.62. The molecule has 0 unspecified atom stereocenters. The van der Waals surface area contributed by atoms with Crippen molar-refractivity contribution in [2.45, 2.75) is 32.7 Å². The lowest BCUT2D eigenvalue weighted by Crippen LogP contribution is -2.29. The first kappa shape index (κ1) is 19.4. The van der Waals surface area contributed by atoms with Gasteiger partial charge in [0.1, 0.15) is 0 Å². The van der Waals surface area contributed by atoms with Crippen molar-refractivity contribution in [1.82, 2.24) is 14.7 Å². The number of hydrogen-bond donors (Lipinski definition) is 1. The summed E-state index contributed by atoms with van der Waals surface area (Å²) in [4.78, 5) is 15.3. The molecule has 5 heteroatoms. The minimum atomic E-state index is -0.168. The summed E-state index contributed by atoms with van der Waals surface area (Å²) in [5, 5.41) is 7.51. The Bertz CT molecular complexity index is 987. The smallest absolute Gasteiger partial charge is 0.276 e. The van der Waals surface area contributed by atoms with Crippen LogP contribution in [-0.4, -0.2) is 33.7 Å². The van der Waals surface area contributed by atoms with Crippen molar-refractivity contribution in [3.05, 3.63) is 71.5 Å². The maximum absolute atomic E-state index is 12.9. The Hall–Kier alpha value is -2.92. The van der Waals surface area contributed by atoms with E-state index in [9.17, 15) is 4.79 Å². The van der Waals surface area contributed by atoms with Crippen LogP contribution in [-0.2, 0) is 13.6 Å². The largest absolute Gasteiger partial charge is 0.320 e. The summed E-state index contributed by atoms with van der Waals surface area (Å²) in [6.07, 6.45) is 3.82. The average molecular weight is 389 g/mol. The van der Waals surface area contributed by atoms with E-state index in [2.05, 4.69) is 33.5 Å². The number of piperidine rings is 1. The van der Waals surface area contributed by atoms with Crippen LogP contribution in [0.3, 0.4) is 0 Å². The quantitative estimate of drug-likeness (QED) is 0.693. The molecule has 0 spiro atoms. The van der Waals surface area contributed by atoms with E-state index >= 15 is 0 Å². The second-order valence-corrected chi connectivity index (χ2v) is 7.78. The monoisotopic (exact) mass is 388 g/mol. The molecule has 1 amide bonds. The topological polar surface area (TPSA) is 50.2 Å². The van der Waals surface area contributed by atoms with Gasteiger partial charge in [-0.05, 0) is 61.7 Å². The predicted octanol–water partition coefficient (Wildman–Crippen LogP) is 4.63. The van der Waals surface area contributed by atoms with Crippen molar-refractivity contribution in [3.8, 4) is 11.1 Å². The summed E-state index contributed by atoms with van der Waals surface area (Å²) in [5.74, 6) is -0.168. The normalized spacial score (nSPS) is 14.7. The highest BCUT2D eigenvalue weighted by Crippen LogP contribution is 2.28. The summed E-state index contributed by atoms with van der Waals surface area (Å²) in [6.45, 7) is 5.13. The summed E-state index contributed by atoms with van der Waals surface area (Å²) < 4.78 is 1.83. The van der Waals surface area contributed by atoms with E-state index in [-0.39, 0.29) is 5.91 Å². The molecule has 1 aromatic heterocycles. The third-order valence-corrected chi connectivity index (χ3v) is 5.71. The van der Waals surface area contributed by atoms with Crippen molar-refractivity contribution in [2.24, 2.45) is 7.05 Å². The van der Waals surface area contributed by atoms with E-state index in [1.165, 1.54) is 19.3 Å². The van der Waals surface area contributed by atoms with Crippen molar-refractivity contribution in [2.75, 3.05) is 18.4 Å². The summed E-state index contributed by atoms with van der Waals surface area (Å²) in [6, 6.07) is 18.1. The molecule has 29 heavy (non-hydrogen) atoms. The van der Waals surface area contributed by atoms with Crippen molar-refractivity contribution in [1.29, 1.82) is 0 Å². The molecule has 1 aliphatic heterocycles. The summed E-state index contributed by atoms with van der Waals surface area (Å²) in [7, 11) is 1.91. The van der Waals surface area contributed by atoms with E-state index in [4.69, 9.17) is 0 Å². The Morgan fingerprint density at radius 2 is 1.79 bits per heavy atom. The van der Waals surface area contributed by atoms with Crippen LogP contribution in [0, 0.1) is 6.92 Å². The zero-order valence-electron chi connectivity index (χ0n) is 17.2. The summed E-state index contributed by atoms with van der Waals surface area (Å²) in [5.41, 5.74) is 5.67. The van der Waals surface area contributed by atoms with Crippen LogP contribution in [0.15, 0.2) is 54.6 Å². The van der Waals surface area contributed by atoms with Gasteiger partial charge in [0, 0.05) is 19.3 Å². The number of carbonyl (C=O) groups is 1. The fourth-order valence-corrected chi connectivity index (χ4v) is 4.00. The van der Waals surface area contributed by atoms with Gasteiger partial charge in [-0.2, -0.15) is 5.10 Å². The number of anilines is 1. The number of rotatable bonds is 5. The molecule has 3 aromatic rings. The molecule has 1 saturated heterocycles. The van der Waals surface area contributed by atoms with Crippen molar-refractivity contribution >= 4 is 11.6 Å². The number of likely N-dealkylation sites (tertiary alicyclic amines) is 1. The lowest BCUT2D eigenvalue weighted by molar-refractivity contribution is 0.102. The first-order valence-corrected chi connectivity index (χ1v) is 10.3. The van der Waals surface area contributed by atoms with Gasteiger partial charge in [-0.3, -0.25) is 14.4 Å². The van der Waals surface area contributed by atoms with Crippen LogP contribution in [0.5, 0.6) is 0 Å². The van der Waals surface area contributed by atoms with Crippen LogP contribution >= 0.6 is 0 Å². The van der Waals surface area contributed by atoms with Gasteiger partial charge < -0.3 is 5.32 Å². The first-order chi connectivity index (χ1) is 14.1. The van der Waals surface area contributed by atoms with Crippen LogP contribution in [0.1, 0.15) is 41.0 Å². The zero-order valence-corrected chi connectivity index (χ0v) is 17.2. The number of nitrogens with zero attached hydrogens (tertiary/aromatic N) is 3. The number of amides is 1. The highest BCUT2D eigenvalue weighted by Gasteiger charge is 2.17. The molecule has 150 valence electrons. The molecule has 2 aromatic carbocycles. The summed E-state index contributed by atoms with van der Waals surface area (Å²) >= 11 is 0. The highest BCUT2D eigenvalue weighted by atomic mass is 16.1.